The molecule has 4 aromatic rings. The molecule has 2 saturated heterocycles. The molecule has 3 aliphatic rings. The van der Waals surface area contributed by atoms with Gasteiger partial charge in [-0.25, -0.2) is 0 Å². The fourth-order valence-corrected chi connectivity index (χ4v) is 7.66. The number of halogens is 1. The number of carbonyl (C=O) groups is 1. The minimum absolute atomic E-state index is 0.0910. The van der Waals surface area contributed by atoms with E-state index >= 15 is 0 Å². The summed E-state index contributed by atoms with van der Waals surface area (Å²) in [5.74, 6) is 1.20. The number of ether oxygens (including phenoxy) is 1. The number of rotatable bonds is 7. The van der Waals surface area contributed by atoms with Crippen LogP contribution >= 0.6 is 11.6 Å². The second-order valence-electron chi connectivity index (χ2n) is 12.1. The second-order valence-corrected chi connectivity index (χ2v) is 12.5. The standard InChI is InChI=1S/C34H37ClN4O2/c1-39-24-13-14-25(39)20-27(19-24)41-26-15-10-22(11-16-26)33-29-18-23(12-17-31(29)37-38-33)34(40)36-32(21-6-2-3-7-21)28-8-4-5-9-30(28)35/h4-5,8-12,15-18,21,24-25,27,32H,2-3,6-7,13-14,19-20H2,1H3,(H,36,40)(H,37,38)/t24-,25+,27?,32?. The normalized spacial score (nSPS) is 23.6. The van der Waals surface area contributed by atoms with Gasteiger partial charge in [0.1, 0.15) is 11.9 Å². The molecule has 212 valence electrons. The van der Waals surface area contributed by atoms with Crippen molar-refractivity contribution in [2.24, 2.45) is 5.92 Å². The van der Waals surface area contributed by atoms with Gasteiger partial charge in [-0.15, -0.1) is 0 Å². The van der Waals surface area contributed by atoms with Gasteiger partial charge in [-0.05, 0) is 106 Å². The number of hydrogen-bond donors (Lipinski definition) is 2. The van der Waals surface area contributed by atoms with Crippen LogP contribution in [-0.4, -0.2) is 46.2 Å². The van der Waals surface area contributed by atoms with Gasteiger partial charge in [-0.1, -0.05) is 42.6 Å². The number of benzene rings is 3. The molecule has 3 aromatic carbocycles. The Morgan fingerprint density at radius 2 is 1.73 bits per heavy atom. The number of nitrogens with zero attached hydrogens (tertiary/aromatic N) is 2. The van der Waals surface area contributed by atoms with Crippen LogP contribution in [0.5, 0.6) is 5.75 Å². The minimum Gasteiger partial charge on any atom is -0.490 e. The number of amides is 1. The van der Waals surface area contributed by atoms with Crippen LogP contribution in [-0.2, 0) is 0 Å². The monoisotopic (exact) mass is 568 g/mol. The number of nitrogens with one attached hydrogen (secondary N) is 2. The second kappa shape index (κ2) is 11.1. The van der Waals surface area contributed by atoms with E-state index in [1.54, 1.807) is 0 Å². The van der Waals surface area contributed by atoms with Gasteiger partial charge in [0.05, 0.1) is 17.3 Å². The first kappa shape index (κ1) is 26.5. The zero-order chi connectivity index (χ0) is 27.9. The first-order chi connectivity index (χ1) is 20.0. The van der Waals surface area contributed by atoms with Crippen molar-refractivity contribution < 1.29 is 9.53 Å². The van der Waals surface area contributed by atoms with Crippen LogP contribution in [0.1, 0.15) is 73.3 Å². The molecule has 3 fully saturated rings. The molecule has 3 heterocycles. The predicted octanol–water partition coefficient (Wildman–Crippen LogP) is 7.55. The quantitative estimate of drug-likeness (QED) is 0.241. The summed E-state index contributed by atoms with van der Waals surface area (Å²) in [6.07, 6.45) is 9.62. The highest BCUT2D eigenvalue weighted by molar-refractivity contribution is 6.31. The maximum atomic E-state index is 13.6. The molecule has 0 spiro atoms. The minimum atomic E-state index is -0.106. The zero-order valence-electron chi connectivity index (χ0n) is 23.5. The molecule has 4 atom stereocenters. The van der Waals surface area contributed by atoms with Crippen LogP contribution in [0.4, 0.5) is 0 Å². The van der Waals surface area contributed by atoms with Crippen LogP contribution < -0.4 is 10.1 Å². The van der Waals surface area contributed by atoms with Crippen LogP contribution in [0, 0.1) is 5.92 Å². The summed E-state index contributed by atoms with van der Waals surface area (Å²) in [4.78, 5) is 16.1. The summed E-state index contributed by atoms with van der Waals surface area (Å²) in [6.45, 7) is 0. The van der Waals surface area contributed by atoms with Gasteiger partial charge in [0.15, 0.2) is 0 Å². The molecule has 1 saturated carbocycles. The van der Waals surface area contributed by atoms with Gasteiger partial charge in [0, 0.05) is 33.6 Å². The van der Waals surface area contributed by atoms with Crippen molar-refractivity contribution in [1.29, 1.82) is 0 Å². The summed E-state index contributed by atoms with van der Waals surface area (Å²) < 4.78 is 6.40. The third kappa shape index (κ3) is 5.24. The SMILES string of the molecule is CN1[C@@H]2CC[C@H]1CC(Oc1ccc(-c3n[nH]c4ccc(C(=O)NC(c5ccccc5Cl)C5CCCC5)cc34)cc1)C2. The highest BCUT2D eigenvalue weighted by Gasteiger charge is 2.39. The molecule has 2 unspecified atom stereocenters. The molecule has 41 heavy (non-hydrogen) atoms. The lowest BCUT2D eigenvalue weighted by atomic mass is 9.91. The van der Waals surface area contributed by atoms with Crippen LogP contribution in [0.3, 0.4) is 0 Å². The summed E-state index contributed by atoms with van der Waals surface area (Å²) in [5.41, 5.74) is 4.33. The molecule has 1 amide bonds. The largest absolute Gasteiger partial charge is 0.490 e. The molecule has 7 rings (SSSR count). The average Bonchev–Trinajstić information content (AvgIpc) is 3.71. The summed E-state index contributed by atoms with van der Waals surface area (Å²) in [6, 6.07) is 23.0. The van der Waals surface area contributed by atoms with E-state index < -0.39 is 0 Å². The number of H-pyrrole nitrogens is 1. The van der Waals surface area contributed by atoms with Gasteiger partial charge in [0.25, 0.3) is 5.91 Å². The number of piperidine rings is 1. The summed E-state index contributed by atoms with van der Waals surface area (Å²) in [7, 11) is 2.25. The van der Waals surface area contributed by atoms with Gasteiger partial charge in [-0.2, -0.15) is 5.10 Å². The van der Waals surface area contributed by atoms with Crippen molar-refractivity contribution in [1.82, 2.24) is 20.4 Å². The number of fused-ring (bicyclic) bond motifs is 3. The molecule has 1 aromatic heterocycles. The van der Waals surface area contributed by atoms with E-state index in [0.29, 0.717) is 28.6 Å². The third-order valence-electron chi connectivity index (χ3n) is 9.71. The number of carbonyl (C=O) groups excluding carboxylic acids is 1. The lowest BCUT2D eigenvalue weighted by Crippen LogP contribution is -2.43. The van der Waals surface area contributed by atoms with Gasteiger partial charge < -0.3 is 15.0 Å². The zero-order valence-corrected chi connectivity index (χ0v) is 24.2. The third-order valence-corrected chi connectivity index (χ3v) is 10.1. The fourth-order valence-electron chi connectivity index (χ4n) is 7.41. The molecule has 7 heteroatoms. The Balaban J connectivity index is 1.10. The molecule has 0 radical (unpaired) electrons. The van der Waals surface area contributed by atoms with E-state index in [-0.39, 0.29) is 18.1 Å². The van der Waals surface area contributed by atoms with Crippen molar-refractivity contribution in [2.45, 2.75) is 75.6 Å². The molecule has 1 aliphatic carbocycles. The smallest absolute Gasteiger partial charge is 0.251 e. The Morgan fingerprint density at radius 3 is 2.46 bits per heavy atom. The van der Waals surface area contributed by atoms with E-state index in [4.69, 9.17) is 16.3 Å². The van der Waals surface area contributed by atoms with E-state index in [0.717, 1.165) is 59.2 Å². The molecule has 2 bridgehead atoms. The molecule has 2 aliphatic heterocycles. The Bertz CT molecular complexity index is 1530. The van der Waals surface area contributed by atoms with Crippen molar-refractivity contribution in [3.05, 3.63) is 82.9 Å². The van der Waals surface area contributed by atoms with E-state index in [1.165, 1.54) is 25.7 Å². The summed E-state index contributed by atoms with van der Waals surface area (Å²) >= 11 is 6.59. The maximum absolute atomic E-state index is 13.6. The van der Waals surface area contributed by atoms with Crippen LogP contribution in [0.2, 0.25) is 5.02 Å². The van der Waals surface area contributed by atoms with Crippen molar-refractivity contribution in [3.8, 4) is 17.0 Å². The van der Waals surface area contributed by atoms with Crippen molar-refractivity contribution in [2.75, 3.05) is 7.05 Å². The fraction of sp³-hybridized carbons (Fsp3) is 0.412. The summed E-state index contributed by atoms with van der Waals surface area (Å²) in [5, 5.41) is 12.7. The van der Waals surface area contributed by atoms with Crippen LogP contribution in [0.25, 0.3) is 22.2 Å². The van der Waals surface area contributed by atoms with Crippen molar-refractivity contribution >= 4 is 28.4 Å². The Kier molecular flexibility index (Phi) is 7.21. The average molecular weight is 569 g/mol. The predicted molar refractivity (Wildman–Crippen MR) is 163 cm³/mol. The first-order valence-electron chi connectivity index (χ1n) is 15.1. The Hall–Kier alpha value is -3.35. The van der Waals surface area contributed by atoms with E-state index in [1.807, 2.05) is 54.6 Å². The first-order valence-corrected chi connectivity index (χ1v) is 15.4. The lowest BCUT2D eigenvalue weighted by Gasteiger charge is -2.36. The number of hydrogen-bond acceptors (Lipinski definition) is 4. The van der Waals surface area contributed by atoms with Crippen molar-refractivity contribution in [3.63, 3.8) is 0 Å². The van der Waals surface area contributed by atoms with Crippen LogP contribution in [0.15, 0.2) is 66.7 Å². The lowest BCUT2D eigenvalue weighted by molar-refractivity contribution is 0.0662. The Morgan fingerprint density at radius 1 is 1.00 bits per heavy atom. The molecule has 6 nitrogen and oxygen atoms in total. The van der Waals surface area contributed by atoms with Gasteiger partial charge in [0.2, 0.25) is 0 Å². The Labute approximate surface area is 246 Å². The molecular weight excluding hydrogens is 532 g/mol. The maximum Gasteiger partial charge on any atom is 0.251 e. The van der Waals surface area contributed by atoms with Gasteiger partial charge >= 0.3 is 0 Å². The number of aromatic amines is 1. The van der Waals surface area contributed by atoms with E-state index in [2.05, 4.69) is 39.6 Å². The molecule has 2 N–H and O–H groups in total. The number of aromatic nitrogens is 2. The highest BCUT2D eigenvalue weighted by atomic mass is 35.5. The highest BCUT2D eigenvalue weighted by Crippen LogP contribution is 2.39. The molecular formula is C34H37ClN4O2. The topological polar surface area (TPSA) is 70.2 Å². The van der Waals surface area contributed by atoms with E-state index in [9.17, 15) is 4.79 Å². The van der Waals surface area contributed by atoms with Gasteiger partial charge in [-0.3, -0.25) is 9.89 Å².